The van der Waals surface area contributed by atoms with Gasteiger partial charge in [-0.15, -0.1) is 0 Å². The standard InChI is InChI=1S/C11H17N3/c12-14-11-5-3-9(4-6-11)10-2-1-7-13-8-10/h3-6,10,13-14H,1-2,7-8,12H2. The van der Waals surface area contributed by atoms with Crippen LogP contribution in [0, 0.1) is 0 Å². The predicted octanol–water partition coefficient (Wildman–Crippen LogP) is 1.44. The minimum atomic E-state index is 0.676. The lowest BCUT2D eigenvalue weighted by Gasteiger charge is -2.23. The first kappa shape index (κ1) is 9.49. The van der Waals surface area contributed by atoms with Crippen molar-refractivity contribution in [1.82, 2.24) is 5.32 Å². The summed E-state index contributed by atoms with van der Waals surface area (Å²) in [6.45, 7) is 2.27. The van der Waals surface area contributed by atoms with Crippen LogP contribution in [0.15, 0.2) is 24.3 Å². The van der Waals surface area contributed by atoms with E-state index < -0.39 is 0 Å². The zero-order chi connectivity index (χ0) is 9.80. The van der Waals surface area contributed by atoms with Crippen molar-refractivity contribution in [2.24, 2.45) is 5.84 Å². The van der Waals surface area contributed by atoms with E-state index in [-0.39, 0.29) is 0 Å². The first-order valence-electron chi connectivity index (χ1n) is 5.17. The Bertz CT molecular complexity index is 275. The van der Waals surface area contributed by atoms with Gasteiger partial charge in [-0.25, -0.2) is 0 Å². The predicted molar refractivity (Wildman–Crippen MR) is 59.1 cm³/mol. The van der Waals surface area contributed by atoms with Crippen LogP contribution in [0.4, 0.5) is 5.69 Å². The fourth-order valence-electron chi connectivity index (χ4n) is 1.99. The summed E-state index contributed by atoms with van der Waals surface area (Å²) in [6, 6.07) is 8.38. The number of hydrazine groups is 1. The summed E-state index contributed by atoms with van der Waals surface area (Å²) < 4.78 is 0. The van der Waals surface area contributed by atoms with Crippen LogP contribution in [0.1, 0.15) is 24.3 Å². The monoisotopic (exact) mass is 191 g/mol. The topological polar surface area (TPSA) is 50.1 Å². The van der Waals surface area contributed by atoms with Crippen LogP contribution in [0.3, 0.4) is 0 Å². The number of benzene rings is 1. The van der Waals surface area contributed by atoms with Crippen molar-refractivity contribution < 1.29 is 0 Å². The molecule has 0 radical (unpaired) electrons. The molecule has 1 fully saturated rings. The lowest BCUT2D eigenvalue weighted by atomic mass is 9.92. The van der Waals surface area contributed by atoms with Gasteiger partial charge in [0, 0.05) is 12.2 Å². The Kier molecular flexibility index (Phi) is 3.01. The largest absolute Gasteiger partial charge is 0.324 e. The molecule has 14 heavy (non-hydrogen) atoms. The number of nitrogens with one attached hydrogen (secondary N) is 2. The molecule has 0 spiro atoms. The fraction of sp³-hybridized carbons (Fsp3) is 0.455. The summed E-state index contributed by atoms with van der Waals surface area (Å²) in [6.07, 6.45) is 2.57. The van der Waals surface area contributed by atoms with Crippen molar-refractivity contribution in [2.75, 3.05) is 18.5 Å². The molecule has 1 heterocycles. The van der Waals surface area contributed by atoms with Crippen molar-refractivity contribution in [2.45, 2.75) is 18.8 Å². The molecule has 1 aromatic rings. The van der Waals surface area contributed by atoms with E-state index in [1.807, 2.05) is 12.1 Å². The maximum atomic E-state index is 5.32. The maximum absolute atomic E-state index is 5.32. The first-order valence-corrected chi connectivity index (χ1v) is 5.17. The van der Waals surface area contributed by atoms with E-state index in [1.54, 1.807) is 0 Å². The quantitative estimate of drug-likeness (QED) is 0.490. The molecule has 0 saturated carbocycles. The maximum Gasteiger partial charge on any atom is 0.0485 e. The second-order valence-corrected chi connectivity index (χ2v) is 3.81. The molecule has 3 heteroatoms. The normalized spacial score (nSPS) is 21.9. The van der Waals surface area contributed by atoms with Gasteiger partial charge in [0.05, 0.1) is 0 Å². The molecule has 3 nitrogen and oxygen atoms in total. The van der Waals surface area contributed by atoms with Crippen LogP contribution in [-0.4, -0.2) is 13.1 Å². The van der Waals surface area contributed by atoms with Crippen LogP contribution in [0.25, 0.3) is 0 Å². The molecule has 1 aliphatic heterocycles. The van der Waals surface area contributed by atoms with Crippen molar-refractivity contribution in [3.63, 3.8) is 0 Å². The SMILES string of the molecule is NNc1ccc(C2CCCNC2)cc1. The van der Waals surface area contributed by atoms with Crippen LogP contribution in [0.2, 0.25) is 0 Å². The Morgan fingerprint density at radius 3 is 2.64 bits per heavy atom. The van der Waals surface area contributed by atoms with Gasteiger partial charge < -0.3 is 10.7 Å². The van der Waals surface area contributed by atoms with E-state index in [1.165, 1.54) is 24.9 Å². The van der Waals surface area contributed by atoms with Crippen LogP contribution in [-0.2, 0) is 0 Å². The van der Waals surface area contributed by atoms with E-state index in [0.29, 0.717) is 5.92 Å². The van der Waals surface area contributed by atoms with Gasteiger partial charge in [-0.2, -0.15) is 0 Å². The minimum Gasteiger partial charge on any atom is -0.324 e. The summed E-state index contributed by atoms with van der Waals surface area (Å²) in [5, 5.41) is 3.42. The molecule has 1 aromatic carbocycles. The van der Waals surface area contributed by atoms with Crippen molar-refractivity contribution >= 4 is 5.69 Å². The summed E-state index contributed by atoms with van der Waals surface area (Å²) in [5.74, 6) is 5.99. The molecule has 1 atom stereocenters. The number of hydrogen-bond donors (Lipinski definition) is 3. The highest BCUT2D eigenvalue weighted by molar-refractivity contribution is 5.44. The lowest BCUT2D eigenvalue weighted by Crippen LogP contribution is -2.28. The summed E-state index contributed by atoms with van der Waals surface area (Å²) in [4.78, 5) is 0. The molecule has 1 unspecified atom stereocenters. The molecule has 76 valence electrons. The van der Waals surface area contributed by atoms with Gasteiger partial charge in [-0.1, -0.05) is 12.1 Å². The number of hydrogen-bond acceptors (Lipinski definition) is 3. The summed E-state index contributed by atoms with van der Waals surface area (Å²) >= 11 is 0. The number of piperidine rings is 1. The highest BCUT2D eigenvalue weighted by Gasteiger charge is 2.14. The van der Waals surface area contributed by atoms with Crippen LogP contribution >= 0.6 is 0 Å². The van der Waals surface area contributed by atoms with E-state index in [4.69, 9.17) is 5.84 Å². The number of anilines is 1. The second kappa shape index (κ2) is 4.44. The van der Waals surface area contributed by atoms with Gasteiger partial charge in [0.2, 0.25) is 0 Å². The minimum absolute atomic E-state index is 0.676. The Labute approximate surface area is 84.7 Å². The number of rotatable bonds is 2. The van der Waals surface area contributed by atoms with Gasteiger partial charge in [0.25, 0.3) is 0 Å². The Morgan fingerprint density at radius 2 is 2.07 bits per heavy atom. The molecular weight excluding hydrogens is 174 g/mol. The van der Waals surface area contributed by atoms with Crippen molar-refractivity contribution in [3.05, 3.63) is 29.8 Å². The Balaban J connectivity index is 2.07. The second-order valence-electron chi connectivity index (χ2n) is 3.81. The molecule has 4 N–H and O–H groups in total. The average Bonchev–Trinajstić information content (AvgIpc) is 2.30. The zero-order valence-electron chi connectivity index (χ0n) is 8.29. The fourth-order valence-corrected chi connectivity index (χ4v) is 1.99. The average molecular weight is 191 g/mol. The van der Waals surface area contributed by atoms with Crippen LogP contribution < -0.4 is 16.6 Å². The van der Waals surface area contributed by atoms with Crippen LogP contribution in [0.5, 0.6) is 0 Å². The van der Waals surface area contributed by atoms with Gasteiger partial charge in [0.15, 0.2) is 0 Å². The molecule has 2 rings (SSSR count). The van der Waals surface area contributed by atoms with E-state index in [0.717, 1.165) is 12.2 Å². The third kappa shape index (κ3) is 2.05. The van der Waals surface area contributed by atoms with Gasteiger partial charge in [-0.3, -0.25) is 5.84 Å². The summed E-state index contributed by atoms with van der Waals surface area (Å²) in [5.41, 5.74) is 5.02. The number of nitrogens with two attached hydrogens (primary N) is 1. The van der Waals surface area contributed by atoms with E-state index >= 15 is 0 Å². The highest BCUT2D eigenvalue weighted by atomic mass is 15.2. The Morgan fingerprint density at radius 1 is 1.29 bits per heavy atom. The van der Waals surface area contributed by atoms with Crippen molar-refractivity contribution in [3.8, 4) is 0 Å². The van der Waals surface area contributed by atoms with E-state index in [9.17, 15) is 0 Å². The van der Waals surface area contributed by atoms with Gasteiger partial charge in [0.1, 0.15) is 0 Å². The third-order valence-electron chi connectivity index (χ3n) is 2.85. The zero-order valence-corrected chi connectivity index (χ0v) is 8.29. The third-order valence-corrected chi connectivity index (χ3v) is 2.85. The smallest absolute Gasteiger partial charge is 0.0485 e. The number of nitrogen functional groups attached to an aromatic ring is 1. The molecule has 0 aromatic heterocycles. The van der Waals surface area contributed by atoms with Gasteiger partial charge >= 0.3 is 0 Å². The Hall–Kier alpha value is -1.06. The first-order chi connectivity index (χ1) is 6.90. The molecule has 0 amide bonds. The molecule has 0 aliphatic carbocycles. The lowest BCUT2D eigenvalue weighted by molar-refractivity contribution is 0.461. The van der Waals surface area contributed by atoms with Gasteiger partial charge in [-0.05, 0) is 43.0 Å². The highest BCUT2D eigenvalue weighted by Crippen LogP contribution is 2.23. The molecule has 1 aliphatic rings. The molecule has 0 bridgehead atoms. The van der Waals surface area contributed by atoms with Crippen molar-refractivity contribution in [1.29, 1.82) is 0 Å². The van der Waals surface area contributed by atoms with E-state index in [2.05, 4.69) is 22.9 Å². The summed E-state index contributed by atoms with van der Waals surface area (Å²) in [7, 11) is 0. The molecule has 1 saturated heterocycles. The molecular formula is C11H17N3.